The molecule has 2 aromatic rings. The second-order valence-electron chi connectivity index (χ2n) is 5.78. The number of carbonyl (C=O) groups is 1. The molecular formula is C15H17N5O4. The molecule has 1 amide bonds. The Morgan fingerprint density at radius 3 is 2.96 bits per heavy atom. The van der Waals surface area contributed by atoms with E-state index in [1.54, 1.807) is 10.9 Å². The van der Waals surface area contributed by atoms with E-state index in [4.69, 9.17) is 19.9 Å². The van der Waals surface area contributed by atoms with E-state index >= 15 is 0 Å². The Kier molecular flexibility index (Phi) is 3.97. The summed E-state index contributed by atoms with van der Waals surface area (Å²) >= 11 is 0. The minimum absolute atomic E-state index is 0.0952. The standard InChI is InChI=1S/C15H17N5O4/c16-13(21)8-22-12-7-24-14-11(6-23-15(12)14)20-5-10(18-19-20)9-3-1-2-4-17-9/h1-5,11-12,14-15H,6-8H2,(H2,16,21)/t11-,12-,14-,15+/m1/s1. The monoisotopic (exact) mass is 331 g/mol. The maximum Gasteiger partial charge on any atom is 0.243 e. The number of nitrogens with zero attached hydrogens (tertiary/aromatic N) is 4. The average Bonchev–Trinajstić information content (AvgIpc) is 3.30. The number of primary amides is 1. The van der Waals surface area contributed by atoms with Crippen molar-refractivity contribution in [3.05, 3.63) is 30.6 Å². The van der Waals surface area contributed by atoms with Crippen molar-refractivity contribution in [2.45, 2.75) is 24.4 Å². The van der Waals surface area contributed by atoms with Crippen molar-refractivity contribution in [3.8, 4) is 11.4 Å². The summed E-state index contributed by atoms with van der Waals surface area (Å²) in [6.07, 6.45) is 2.81. The largest absolute Gasteiger partial charge is 0.370 e. The molecule has 4 atom stereocenters. The van der Waals surface area contributed by atoms with Crippen LogP contribution in [0, 0.1) is 0 Å². The lowest BCUT2D eigenvalue weighted by molar-refractivity contribution is -0.126. The molecule has 9 nitrogen and oxygen atoms in total. The highest BCUT2D eigenvalue weighted by atomic mass is 16.6. The summed E-state index contributed by atoms with van der Waals surface area (Å²) in [4.78, 5) is 15.1. The van der Waals surface area contributed by atoms with Gasteiger partial charge < -0.3 is 19.9 Å². The predicted molar refractivity (Wildman–Crippen MR) is 80.7 cm³/mol. The first-order valence-electron chi connectivity index (χ1n) is 7.69. The third-order valence-electron chi connectivity index (χ3n) is 4.20. The highest BCUT2D eigenvalue weighted by Crippen LogP contribution is 2.35. The predicted octanol–water partition coefficient (Wildman–Crippen LogP) is -0.451. The van der Waals surface area contributed by atoms with Gasteiger partial charge in [0.05, 0.1) is 25.1 Å². The second-order valence-corrected chi connectivity index (χ2v) is 5.78. The van der Waals surface area contributed by atoms with E-state index in [-0.39, 0.29) is 31.0 Å². The molecule has 9 heteroatoms. The Morgan fingerprint density at radius 1 is 1.29 bits per heavy atom. The van der Waals surface area contributed by atoms with Crippen LogP contribution in [0.2, 0.25) is 0 Å². The van der Waals surface area contributed by atoms with Gasteiger partial charge in [-0.25, -0.2) is 4.68 Å². The summed E-state index contributed by atoms with van der Waals surface area (Å²) in [5, 5.41) is 8.36. The number of rotatable bonds is 5. The van der Waals surface area contributed by atoms with Gasteiger partial charge in [0, 0.05) is 6.20 Å². The van der Waals surface area contributed by atoms with Crippen molar-refractivity contribution in [3.63, 3.8) is 0 Å². The fraction of sp³-hybridized carbons (Fsp3) is 0.467. The third kappa shape index (κ3) is 2.77. The van der Waals surface area contributed by atoms with Crippen molar-refractivity contribution in [2.75, 3.05) is 19.8 Å². The van der Waals surface area contributed by atoms with Gasteiger partial charge in [0.1, 0.15) is 36.7 Å². The highest BCUT2D eigenvalue weighted by molar-refractivity contribution is 5.75. The molecule has 2 fully saturated rings. The van der Waals surface area contributed by atoms with E-state index in [1.165, 1.54) is 0 Å². The van der Waals surface area contributed by atoms with Crippen LogP contribution in [0.5, 0.6) is 0 Å². The molecule has 2 aromatic heterocycles. The summed E-state index contributed by atoms with van der Waals surface area (Å²) < 4.78 is 18.8. The van der Waals surface area contributed by atoms with Gasteiger partial charge in [0.15, 0.2) is 0 Å². The van der Waals surface area contributed by atoms with E-state index in [0.29, 0.717) is 18.9 Å². The van der Waals surface area contributed by atoms with Crippen LogP contribution >= 0.6 is 0 Å². The normalized spacial score (nSPS) is 28.8. The molecule has 4 rings (SSSR count). The zero-order chi connectivity index (χ0) is 16.5. The second kappa shape index (κ2) is 6.27. The highest BCUT2D eigenvalue weighted by Gasteiger charge is 2.49. The smallest absolute Gasteiger partial charge is 0.243 e. The number of amides is 1. The SMILES string of the molecule is NC(=O)CO[C@@H]1CO[C@H]2[C@H]1OC[C@H]2n1cc(-c2ccccn2)nn1. The van der Waals surface area contributed by atoms with Gasteiger partial charge in [-0.05, 0) is 12.1 Å². The molecule has 2 aliphatic rings. The van der Waals surface area contributed by atoms with Crippen LogP contribution in [0.4, 0.5) is 0 Å². The molecule has 24 heavy (non-hydrogen) atoms. The number of hydrogen-bond donors (Lipinski definition) is 1. The molecule has 0 bridgehead atoms. The van der Waals surface area contributed by atoms with E-state index in [0.717, 1.165) is 5.69 Å². The zero-order valence-corrected chi connectivity index (χ0v) is 12.8. The van der Waals surface area contributed by atoms with E-state index in [9.17, 15) is 4.79 Å². The summed E-state index contributed by atoms with van der Waals surface area (Å²) in [7, 11) is 0. The van der Waals surface area contributed by atoms with Gasteiger partial charge in [-0.1, -0.05) is 11.3 Å². The maximum atomic E-state index is 10.9. The van der Waals surface area contributed by atoms with Crippen molar-refractivity contribution >= 4 is 5.91 Å². The Balaban J connectivity index is 1.47. The van der Waals surface area contributed by atoms with Crippen molar-refractivity contribution in [1.82, 2.24) is 20.0 Å². The summed E-state index contributed by atoms with van der Waals surface area (Å²) in [5.74, 6) is -0.510. The Hall–Kier alpha value is -2.36. The summed E-state index contributed by atoms with van der Waals surface area (Å²) in [6.45, 7) is 0.663. The molecule has 2 saturated heterocycles. The first-order valence-corrected chi connectivity index (χ1v) is 7.69. The number of aromatic nitrogens is 4. The molecule has 126 valence electrons. The first-order chi connectivity index (χ1) is 11.7. The van der Waals surface area contributed by atoms with Crippen LogP contribution in [0.15, 0.2) is 30.6 Å². The zero-order valence-electron chi connectivity index (χ0n) is 12.8. The van der Waals surface area contributed by atoms with Gasteiger partial charge in [0.2, 0.25) is 5.91 Å². The number of fused-ring (bicyclic) bond motifs is 1. The van der Waals surface area contributed by atoms with Crippen molar-refractivity contribution < 1.29 is 19.0 Å². The van der Waals surface area contributed by atoms with Crippen molar-refractivity contribution in [1.29, 1.82) is 0 Å². The molecule has 2 N–H and O–H groups in total. The Morgan fingerprint density at radius 2 is 2.17 bits per heavy atom. The fourth-order valence-electron chi connectivity index (χ4n) is 3.07. The van der Waals surface area contributed by atoms with Crippen LogP contribution in [0.1, 0.15) is 6.04 Å². The van der Waals surface area contributed by atoms with Gasteiger partial charge in [-0.15, -0.1) is 5.10 Å². The maximum absolute atomic E-state index is 10.9. The fourth-order valence-corrected chi connectivity index (χ4v) is 3.07. The van der Waals surface area contributed by atoms with Gasteiger partial charge >= 0.3 is 0 Å². The molecule has 0 spiro atoms. The number of carbonyl (C=O) groups excluding carboxylic acids is 1. The molecular weight excluding hydrogens is 314 g/mol. The molecule has 2 aliphatic heterocycles. The van der Waals surface area contributed by atoms with Gasteiger partial charge in [0.25, 0.3) is 0 Å². The first kappa shape index (κ1) is 15.2. The molecule has 0 radical (unpaired) electrons. The number of nitrogens with two attached hydrogens (primary N) is 1. The number of hydrogen-bond acceptors (Lipinski definition) is 7. The molecule has 0 unspecified atom stereocenters. The molecule has 4 heterocycles. The molecule has 0 aliphatic carbocycles. The average molecular weight is 331 g/mol. The van der Waals surface area contributed by atoms with Crippen LogP contribution in [-0.2, 0) is 19.0 Å². The van der Waals surface area contributed by atoms with Gasteiger partial charge in [-0.2, -0.15) is 0 Å². The van der Waals surface area contributed by atoms with Gasteiger partial charge in [-0.3, -0.25) is 9.78 Å². The molecule has 0 aromatic carbocycles. The summed E-state index contributed by atoms with van der Waals surface area (Å²) in [6, 6.07) is 5.53. The van der Waals surface area contributed by atoms with Crippen LogP contribution in [-0.4, -0.2) is 64.0 Å². The lowest BCUT2D eigenvalue weighted by atomic mass is 10.1. The van der Waals surface area contributed by atoms with E-state index in [2.05, 4.69) is 15.3 Å². The number of ether oxygens (including phenoxy) is 3. The summed E-state index contributed by atoms with van der Waals surface area (Å²) in [5.41, 5.74) is 6.56. The van der Waals surface area contributed by atoms with Crippen LogP contribution in [0.3, 0.4) is 0 Å². The van der Waals surface area contributed by atoms with Crippen LogP contribution < -0.4 is 5.73 Å². The van der Waals surface area contributed by atoms with Crippen molar-refractivity contribution in [2.24, 2.45) is 5.73 Å². The van der Waals surface area contributed by atoms with E-state index < -0.39 is 5.91 Å². The lowest BCUT2D eigenvalue weighted by Gasteiger charge is -2.16. The quantitative estimate of drug-likeness (QED) is 0.789. The lowest BCUT2D eigenvalue weighted by Crippen LogP contribution is -2.34. The van der Waals surface area contributed by atoms with E-state index in [1.807, 2.05) is 24.4 Å². The minimum Gasteiger partial charge on any atom is -0.370 e. The number of pyridine rings is 1. The Bertz CT molecular complexity index is 722. The topological polar surface area (TPSA) is 114 Å². The minimum atomic E-state index is -0.510. The van der Waals surface area contributed by atoms with Crippen LogP contribution in [0.25, 0.3) is 11.4 Å². The molecule has 0 saturated carbocycles. The Labute approximate surface area is 137 Å². The third-order valence-corrected chi connectivity index (χ3v) is 4.20.